The lowest BCUT2D eigenvalue weighted by molar-refractivity contribution is 0.134. The third-order valence-corrected chi connectivity index (χ3v) is 6.71. The fraction of sp³-hybridized carbons (Fsp3) is 0.250. The van der Waals surface area contributed by atoms with Gasteiger partial charge in [-0.2, -0.15) is 0 Å². The number of hydrogen-bond acceptors (Lipinski definition) is 4. The highest BCUT2D eigenvalue weighted by molar-refractivity contribution is 5.54. The molecule has 0 aromatic heterocycles. The summed E-state index contributed by atoms with van der Waals surface area (Å²) in [6.45, 7) is 5.68. The van der Waals surface area contributed by atoms with Crippen molar-refractivity contribution in [3.63, 3.8) is 0 Å². The second-order valence-electron chi connectivity index (χ2n) is 9.17. The molecule has 0 fully saturated rings. The van der Waals surface area contributed by atoms with Gasteiger partial charge < -0.3 is 20.1 Å². The minimum absolute atomic E-state index is 0.802. The highest BCUT2D eigenvalue weighted by Gasteiger charge is 2.09. The molecule has 0 saturated carbocycles. The van der Waals surface area contributed by atoms with Crippen LogP contribution in [-0.4, -0.2) is 13.2 Å². The van der Waals surface area contributed by atoms with Crippen molar-refractivity contribution in [3.05, 3.63) is 130 Å². The standard InChI is InChI=1S/2C8H9N.2C8H8O/c1-2-4-8-6-9-5-7(8)3-1;1-2-4-8-7(3-1)5-6-9-8;1-2-4-8-6-9-5-7(8)3-1;1-2-4-8-7(3-1)5-6-9-8/h2*1-4,9H,5-6H2;2*1-4H,5-6H2. The Balaban J connectivity index is 0.0000000988. The second kappa shape index (κ2) is 12.4. The maximum atomic E-state index is 5.30. The van der Waals surface area contributed by atoms with Crippen LogP contribution in [0.5, 0.6) is 5.75 Å². The van der Waals surface area contributed by atoms with Gasteiger partial charge in [0.05, 0.1) is 19.8 Å². The van der Waals surface area contributed by atoms with Crippen molar-refractivity contribution in [2.45, 2.75) is 39.1 Å². The summed E-state index contributed by atoms with van der Waals surface area (Å²) in [7, 11) is 0. The number of rotatable bonds is 0. The molecule has 4 nitrogen and oxygen atoms in total. The number of fused-ring (bicyclic) bond motifs is 4. The summed E-state index contributed by atoms with van der Waals surface area (Å²) in [5, 5.41) is 6.59. The molecular formula is C32H34N2O2. The van der Waals surface area contributed by atoms with E-state index in [2.05, 4.69) is 77.4 Å². The third-order valence-electron chi connectivity index (χ3n) is 6.71. The van der Waals surface area contributed by atoms with Crippen molar-refractivity contribution in [1.82, 2.24) is 5.32 Å². The van der Waals surface area contributed by atoms with Gasteiger partial charge in [-0.05, 0) is 51.9 Å². The van der Waals surface area contributed by atoms with E-state index in [4.69, 9.17) is 9.47 Å². The summed E-state index contributed by atoms with van der Waals surface area (Å²) in [5.41, 5.74) is 9.72. The van der Waals surface area contributed by atoms with Crippen LogP contribution in [0.1, 0.15) is 33.4 Å². The first-order valence-electron chi connectivity index (χ1n) is 12.8. The van der Waals surface area contributed by atoms with Gasteiger partial charge >= 0.3 is 0 Å². The lowest BCUT2D eigenvalue weighted by Gasteiger charge is -1.94. The van der Waals surface area contributed by atoms with Gasteiger partial charge in [0, 0.05) is 31.7 Å². The molecule has 0 amide bonds. The molecule has 0 spiro atoms. The molecule has 2 N–H and O–H groups in total. The Morgan fingerprint density at radius 2 is 1.08 bits per heavy atom. The molecule has 8 rings (SSSR count). The number of para-hydroxylation sites is 2. The van der Waals surface area contributed by atoms with Crippen LogP contribution in [0.25, 0.3) is 0 Å². The fourth-order valence-electron chi connectivity index (χ4n) is 4.71. The molecular weight excluding hydrogens is 444 g/mol. The molecule has 0 atom stereocenters. The van der Waals surface area contributed by atoms with Crippen LogP contribution < -0.4 is 15.4 Å². The van der Waals surface area contributed by atoms with Crippen LogP contribution in [0.3, 0.4) is 0 Å². The number of nitrogens with one attached hydrogen (secondary N) is 2. The normalized spacial score (nSPS) is 15.1. The van der Waals surface area contributed by atoms with Crippen molar-refractivity contribution in [2.75, 3.05) is 18.5 Å². The van der Waals surface area contributed by atoms with Crippen LogP contribution in [0.15, 0.2) is 97.1 Å². The maximum Gasteiger partial charge on any atom is 0.122 e. The lowest BCUT2D eigenvalue weighted by atomic mass is 10.1. The molecule has 0 saturated heterocycles. The van der Waals surface area contributed by atoms with Crippen molar-refractivity contribution in [3.8, 4) is 5.75 Å². The van der Waals surface area contributed by atoms with Crippen LogP contribution in [0.2, 0.25) is 0 Å². The minimum Gasteiger partial charge on any atom is -0.493 e. The largest absolute Gasteiger partial charge is 0.493 e. The molecule has 4 aromatic carbocycles. The third kappa shape index (κ3) is 6.34. The van der Waals surface area contributed by atoms with Gasteiger partial charge in [-0.1, -0.05) is 84.9 Å². The van der Waals surface area contributed by atoms with Crippen LogP contribution in [0.4, 0.5) is 5.69 Å². The van der Waals surface area contributed by atoms with E-state index < -0.39 is 0 Å². The summed E-state index contributed by atoms with van der Waals surface area (Å²) in [5.74, 6) is 1.07. The molecule has 4 aromatic rings. The van der Waals surface area contributed by atoms with Gasteiger partial charge in [0.2, 0.25) is 0 Å². The second-order valence-corrected chi connectivity index (χ2v) is 9.17. The molecule has 4 heteroatoms. The number of anilines is 1. The average Bonchev–Trinajstić information content (AvgIpc) is 3.76. The summed E-state index contributed by atoms with van der Waals surface area (Å²) in [6.07, 6.45) is 2.27. The predicted octanol–water partition coefficient (Wildman–Crippen LogP) is 6.28. The zero-order valence-corrected chi connectivity index (χ0v) is 20.7. The van der Waals surface area contributed by atoms with Gasteiger partial charge in [-0.15, -0.1) is 0 Å². The van der Waals surface area contributed by atoms with E-state index in [9.17, 15) is 0 Å². The van der Waals surface area contributed by atoms with E-state index in [-0.39, 0.29) is 0 Å². The van der Waals surface area contributed by atoms with Gasteiger partial charge in [-0.3, -0.25) is 0 Å². The Morgan fingerprint density at radius 1 is 0.528 bits per heavy atom. The molecule has 0 aliphatic carbocycles. The van der Waals surface area contributed by atoms with Gasteiger partial charge in [0.1, 0.15) is 5.75 Å². The van der Waals surface area contributed by atoms with Crippen molar-refractivity contribution >= 4 is 5.69 Å². The van der Waals surface area contributed by atoms with E-state index in [1.165, 1.54) is 45.5 Å². The summed E-state index contributed by atoms with van der Waals surface area (Å²) in [6, 6.07) is 33.5. The smallest absolute Gasteiger partial charge is 0.122 e. The highest BCUT2D eigenvalue weighted by Crippen LogP contribution is 2.23. The lowest BCUT2D eigenvalue weighted by Crippen LogP contribution is -1.99. The van der Waals surface area contributed by atoms with E-state index in [1.807, 2.05) is 30.3 Å². The Hall–Kier alpha value is -3.60. The molecule has 4 heterocycles. The Labute approximate surface area is 214 Å². The quantitative estimate of drug-likeness (QED) is 0.312. The topological polar surface area (TPSA) is 42.5 Å². The average molecular weight is 479 g/mol. The summed E-state index contributed by atoms with van der Waals surface area (Å²) < 4.78 is 10.5. The number of ether oxygens (including phenoxy) is 2. The van der Waals surface area contributed by atoms with Crippen molar-refractivity contribution in [2.24, 2.45) is 0 Å². The molecule has 4 aliphatic rings. The Morgan fingerprint density at radius 3 is 1.72 bits per heavy atom. The Bertz CT molecular complexity index is 980. The SMILES string of the molecule is c1ccc2c(c1)CCN2.c1ccc2c(c1)CCO2.c1ccc2c(c1)CNC2.c1ccc2c(c1)COC2. The van der Waals surface area contributed by atoms with Crippen molar-refractivity contribution in [1.29, 1.82) is 0 Å². The molecule has 0 unspecified atom stereocenters. The van der Waals surface area contributed by atoms with Crippen LogP contribution in [-0.2, 0) is 43.9 Å². The van der Waals surface area contributed by atoms with Crippen LogP contribution in [0, 0.1) is 0 Å². The Kier molecular flexibility index (Phi) is 8.30. The van der Waals surface area contributed by atoms with E-state index in [0.29, 0.717) is 0 Å². The van der Waals surface area contributed by atoms with E-state index >= 15 is 0 Å². The molecule has 4 aliphatic heterocycles. The van der Waals surface area contributed by atoms with E-state index in [1.54, 1.807) is 0 Å². The maximum absolute atomic E-state index is 5.30. The first-order valence-corrected chi connectivity index (χ1v) is 12.8. The first kappa shape index (κ1) is 24.1. The first-order chi connectivity index (χ1) is 17.9. The number of benzene rings is 4. The molecule has 0 bridgehead atoms. The van der Waals surface area contributed by atoms with Gasteiger partial charge in [0.15, 0.2) is 0 Å². The molecule has 0 radical (unpaired) electrons. The number of hydrogen-bond donors (Lipinski definition) is 2. The monoisotopic (exact) mass is 478 g/mol. The molecule has 184 valence electrons. The predicted molar refractivity (Wildman–Crippen MR) is 146 cm³/mol. The van der Waals surface area contributed by atoms with Crippen molar-refractivity contribution < 1.29 is 9.47 Å². The zero-order chi connectivity index (χ0) is 24.4. The van der Waals surface area contributed by atoms with Crippen LogP contribution >= 0.6 is 0 Å². The summed E-state index contributed by atoms with van der Waals surface area (Å²) in [4.78, 5) is 0. The fourth-order valence-corrected chi connectivity index (χ4v) is 4.71. The van der Waals surface area contributed by atoms with E-state index in [0.717, 1.165) is 51.6 Å². The van der Waals surface area contributed by atoms with Gasteiger partial charge in [0.25, 0.3) is 0 Å². The highest BCUT2D eigenvalue weighted by atomic mass is 16.5. The molecule has 36 heavy (non-hydrogen) atoms. The summed E-state index contributed by atoms with van der Waals surface area (Å²) >= 11 is 0. The zero-order valence-electron chi connectivity index (χ0n) is 20.7. The minimum atomic E-state index is 0.802. The van der Waals surface area contributed by atoms with Gasteiger partial charge in [-0.25, -0.2) is 0 Å².